The number of likely N-dealkylation sites (N-methyl/N-ethyl adjacent to an activating group) is 1. The van der Waals surface area contributed by atoms with Gasteiger partial charge in [-0.05, 0) is 25.1 Å². The molecule has 0 spiro atoms. The Bertz CT molecular complexity index is 1130. The quantitative estimate of drug-likeness (QED) is 0.556. The summed E-state index contributed by atoms with van der Waals surface area (Å²) in [5.41, 5.74) is 0.208. The van der Waals surface area contributed by atoms with Crippen LogP contribution in [0.25, 0.3) is 5.69 Å². The number of carbonyl (C=O) groups excluding carboxylic acids is 3. The molecule has 30 heavy (non-hydrogen) atoms. The van der Waals surface area contributed by atoms with Gasteiger partial charge >= 0.3 is 5.97 Å². The number of likely N-dealkylation sites (tertiary alicyclic amines) is 1. The third kappa shape index (κ3) is 3.21. The number of hydrogen-bond acceptors (Lipinski definition) is 6. The summed E-state index contributed by atoms with van der Waals surface area (Å²) in [6.07, 6.45) is 0.241. The van der Waals surface area contributed by atoms with E-state index in [9.17, 15) is 19.5 Å². The third-order valence-electron chi connectivity index (χ3n) is 5.11. The number of aromatic nitrogens is 2. The van der Waals surface area contributed by atoms with Crippen molar-refractivity contribution in [1.29, 1.82) is 0 Å². The molecule has 2 aliphatic rings. The van der Waals surface area contributed by atoms with E-state index in [1.807, 2.05) is 0 Å². The zero-order valence-electron chi connectivity index (χ0n) is 16.6. The molecule has 9 heteroatoms. The van der Waals surface area contributed by atoms with E-state index in [-0.39, 0.29) is 36.9 Å². The van der Waals surface area contributed by atoms with Gasteiger partial charge in [0.1, 0.15) is 5.69 Å². The minimum Gasteiger partial charge on any atom is -0.461 e. The zero-order valence-corrected chi connectivity index (χ0v) is 16.6. The predicted molar refractivity (Wildman–Crippen MR) is 105 cm³/mol. The summed E-state index contributed by atoms with van der Waals surface area (Å²) in [4.78, 5) is 38.1. The highest BCUT2D eigenvalue weighted by Gasteiger charge is 2.42. The Balaban J connectivity index is 1.72. The van der Waals surface area contributed by atoms with Crippen molar-refractivity contribution in [3.05, 3.63) is 46.8 Å². The van der Waals surface area contributed by atoms with Crippen LogP contribution in [0.1, 0.15) is 45.4 Å². The molecule has 1 saturated heterocycles. The summed E-state index contributed by atoms with van der Waals surface area (Å²) in [7, 11) is 1.62. The maximum absolute atomic E-state index is 12.3. The summed E-state index contributed by atoms with van der Waals surface area (Å²) >= 11 is 0. The van der Waals surface area contributed by atoms with Crippen LogP contribution in [0.5, 0.6) is 0 Å². The van der Waals surface area contributed by atoms with Gasteiger partial charge in [0, 0.05) is 37.7 Å². The molecule has 2 aromatic rings. The minimum atomic E-state index is -1.70. The summed E-state index contributed by atoms with van der Waals surface area (Å²) in [5, 5.41) is 17.5. The van der Waals surface area contributed by atoms with Gasteiger partial charge in [0.25, 0.3) is 11.8 Å². The first-order valence-electron chi connectivity index (χ1n) is 9.53. The lowest BCUT2D eigenvalue weighted by Gasteiger charge is -2.13. The molecule has 2 amide bonds. The van der Waals surface area contributed by atoms with E-state index in [0.29, 0.717) is 23.4 Å². The fourth-order valence-electron chi connectivity index (χ4n) is 3.51. The fourth-order valence-corrected chi connectivity index (χ4v) is 3.51. The van der Waals surface area contributed by atoms with Gasteiger partial charge < -0.3 is 20.1 Å². The van der Waals surface area contributed by atoms with Crippen LogP contribution in [0.2, 0.25) is 0 Å². The monoisotopic (exact) mass is 408 g/mol. The topological polar surface area (TPSA) is 114 Å². The molecule has 154 valence electrons. The standard InChI is InChI=1S/C21H20N4O5/c1-3-30-19(27)16-15-12-22-18(26)17(15)25(23-16)14-6-4-5-13(11-14)7-8-21(29)9-10-24(2)20(21)28/h4-6,11,29H,3,9-10,12H2,1-2H3,(H,22,26). The number of ether oxygens (including phenoxy) is 1. The second-order valence-electron chi connectivity index (χ2n) is 7.13. The van der Waals surface area contributed by atoms with E-state index in [4.69, 9.17) is 4.74 Å². The average molecular weight is 408 g/mol. The summed E-state index contributed by atoms with van der Waals surface area (Å²) in [6.45, 7) is 2.53. The number of carbonyl (C=O) groups is 3. The second kappa shape index (κ2) is 7.31. The molecule has 0 bridgehead atoms. The summed E-state index contributed by atoms with van der Waals surface area (Å²) < 4.78 is 6.43. The van der Waals surface area contributed by atoms with Gasteiger partial charge in [0.15, 0.2) is 5.69 Å². The lowest BCUT2D eigenvalue weighted by atomic mass is 10.0. The minimum absolute atomic E-state index is 0.0931. The van der Waals surface area contributed by atoms with Gasteiger partial charge in [-0.3, -0.25) is 9.59 Å². The second-order valence-corrected chi connectivity index (χ2v) is 7.13. The molecule has 0 aliphatic carbocycles. The molecular formula is C21H20N4O5. The van der Waals surface area contributed by atoms with Gasteiger partial charge in [0.05, 0.1) is 12.3 Å². The lowest BCUT2D eigenvalue weighted by Crippen LogP contribution is -2.37. The fraction of sp³-hybridized carbons (Fsp3) is 0.333. The van der Waals surface area contributed by atoms with Gasteiger partial charge in [-0.1, -0.05) is 17.9 Å². The molecule has 1 fully saturated rings. The van der Waals surface area contributed by atoms with Crippen molar-refractivity contribution < 1.29 is 24.2 Å². The molecule has 1 unspecified atom stereocenters. The summed E-state index contributed by atoms with van der Waals surface area (Å²) in [5.74, 6) is 4.15. The van der Waals surface area contributed by atoms with E-state index in [1.165, 1.54) is 9.58 Å². The van der Waals surface area contributed by atoms with E-state index in [0.717, 1.165) is 0 Å². The van der Waals surface area contributed by atoms with Crippen LogP contribution in [0, 0.1) is 11.8 Å². The third-order valence-corrected chi connectivity index (χ3v) is 5.11. The number of hydrogen-bond donors (Lipinski definition) is 2. The molecule has 2 aliphatic heterocycles. The van der Waals surface area contributed by atoms with E-state index < -0.39 is 17.5 Å². The molecule has 4 rings (SSSR count). The maximum atomic E-state index is 12.3. The predicted octanol–water partition coefficient (Wildman–Crippen LogP) is 0.237. The van der Waals surface area contributed by atoms with E-state index in [1.54, 1.807) is 38.2 Å². The Morgan fingerprint density at radius 1 is 1.40 bits per heavy atom. The number of amides is 2. The van der Waals surface area contributed by atoms with Gasteiger partial charge in [-0.15, -0.1) is 0 Å². The van der Waals surface area contributed by atoms with Crippen molar-refractivity contribution in [3.8, 4) is 17.5 Å². The molecule has 0 saturated carbocycles. The highest BCUT2D eigenvalue weighted by molar-refractivity contribution is 6.01. The number of benzene rings is 1. The Hall–Kier alpha value is -3.64. The first-order valence-corrected chi connectivity index (χ1v) is 9.53. The van der Waals surface area contributed by atoms with Crippen LogP contribution >= 0.6 is 0 Å². The first kappa shape index (κ1) is 19.7. The lowest BCUT2D eigenvalue weighted by molar-refractivity contribution is -0.137. The zero-order chi connectivity index (χ0) is 21.5. The highest BCUT2D eigenvalue weighted by atomic mass is 16.5. The molecular weight excluding hydrogens is 388 g/mol. The number of fused-ring (bicyclic) bond motifs is 1. The van der Waals surface area contributed by atoms with Crippen molar-refractivity contribution in [2.24, 2.45) is 0 Å². The Morgan fingerprint density at radius 3 is 2.90 bits per heavy atom. The first-order chi connectivity index (χ1) is 14.3. The smallest absolute Gasteiger partial charge is 0.359 e. The average Bonchev–Trinajstić information content (AvgIpc) is 3.38. The number of aliphatic hydroxyl groups is 1. The number of esters is 1. The normalized spacial score (nSPS) is 19.9. The van der Waals surface area contributed by atoms with Crippen molar-refractivity contribution in [3.63, 3.8) is 0 Å². The SMILES string of the molecule is CCOC(=O)c1nn(-c2cccc(C#CC3(O)CCN(C)C3=O)c2)c2c1CNC2=O. The molecule has 0 radical (unpaired) electrons. The Kier molecular flexibility index (Phi) is 4.79. The molecule has 1 atom stereocenters. The van der Waals surface area contributed by atoms with Crippen LogP contribution < -0.4 is 5.32 Å². The highest BCUT2D eigenvalue weighted by Crippen LogP contribution is 2.25. The van der Waals surface area contributed by atoms with Crippen molar-refractivity contribution in [2.75, 3.05) is 20.2 Å². The molecule has 1 aromatic carbocycles. The van der Waals surface area contributed by atoms with Crippen LogP contribution in [0.3, 0.4) is 0 Å². The van der Waals surface area contributed by atoms with Gasteiger partial charge in [-0.25, -0.2) is 9.48 Å². The van der Waals surface area contributed by atoms with Gasteiger partial charge in [0.2, 0.25) is 5.60 Å². The molecule has 2 N–H and O–H groups in total. The molecule has 3 heterocycles. The number of nitrogens with zero attached hydrogens (tertiary/aromatic N) is 3. The number of rotatable bonds is 3. The molecule has 1 aromatic heterocycles. The van der Waals surface area contributed by atoms with Crippen LogP contribution in [-0.2, 0) is 16.1 Å². The number of nitrogens with one attached hydrogen (secondary N) is 1. The van der Waals surface area contributed by atoms with Crippen molar-refractivity contribution in [1.82, 2.24) is 20.0 Å². The van der Waals surface area contributed by atoms with E-state index >= 15 is 0 Å². The maximum Gasteiger partial charge on any atom is 0.359 e. The van der Waals surface area contributed by atoms with Crippen LogP contribution in [0.15, 0.2) is 24.3 Å². The molecule has 9 nitrogen and oxygen atoms in total. The Morgan fingerprint density at radius 2 is 2.20 bits per heavy atom. The van der Waals surface area contributed by atoms with Crippen molar-refractivity contribution >= 4 is 17.8 Å². The Labute approximate surface area is 172 Å². The van der Waals surface area contributed by atoms with Gasteiger partial charge in [-0.2, -0.15) is 5.10 Å². The summed E-state index contributed by atoms with van der Waals surface area (Å²) in [6, 6.07) is 6.84. The van der Waals surface area contributed by atoms with Crippen LogP contribution in [0.4, 0.5) is 0 Å². The van der Waals surface area contributed by atoms with E-state index in [2.05, 4.69) is 22.3 Å². The van der Waals surface area contributed by atoms with Crippen molar-refractivity contribution in [2.45, 2.75) is 25.5 Å². The largest absolute Gasteiger partial charge is 0.461 e. The van der Waals surface area contributed by atoms with Crippen LogP contribution in [-0.4, -0.2) is 63.4 Å².